The summed E-state index contributed by atoms with van der Waals surface area (Å²) < 4.78 is 6.06. The Labute approximate surface area is 186 Å². The first kappa shape index (κ1) is 21.5. The number of rotatable bonds is 3. The summed E-state index contributed by atoms with van der Waals surface area (Å²) in [6.45, 7) is 3.29. The molecule has 1 atom stereocenters. The number of thiocarbonyl (C=S) groups is 1. The van der Waals surface area contributed by atoms with E-state index in [1.54, 1.807) is 4.90 Å². The third-order valence-electron chi connectivity index (χ3n) is 6.10. The molecule has 8 heteroatoms. The molecule has 2 heterocycles. The van der Waals surface area contributed by atoms with Gasteiger partial charge in [-0.15, -0.1) is 0 Å². The van der Waals surface area contributed by atoms with Crippen molar-refractivity contribution < 1.29 is 19.1 Å². The molecular weight excluding hydrogens is 420 g/mol. The predicted octanol–water partition coefficient (Wildman–Crippen LogP) is 2.40. The van der Waals surface area contributed by atoms with E-state index in [1.165, 1.54) is 11.8 Å². The smallest absolute Gasteiger partial charge is 0.233 e. The van der Waals surface area contributed by atoms with Crippen molar-refractivity contribution in [2.75, 3.05) is 38.6 Å². The van der Waals surface area contributed by atoms with Gasteiger partial charge in [0.25, 0.3) is 0 Å². The van der Waals surface area contributed by atoms with Gasteiger partial charge in [0.2, 0.25) is 5.91 Å². The number of nitrogens with zero attached hydrogens (tertiary/aromatic N) is 2. The maximum Gasteiger partial charge on any atom is 0.233 e. The number of benzene rings is 1. The molecular formula is C22H26N2O4S2. The lowest BCUT2D eigenvalue weighted by Crippen LogP contribution is -2.49. The van der Waals surface area contributed by atoms with Crippen LogP contribution in [0.1, 0.15) is 36.4 Å². The van der Waals surface area contributed by atoms with E-state index < -0.39 is 12.0 Å². The van der Waals surface area contributed by atoms with Crippen LogP contribution in [0.25, 0.3) is 0 Å². The molecule has 1 aliphatic carbocycles. The largest absolute Gasteiger partial charge is 0.378 e. The summed E-state index contributed by atoms with van der Waals surface area (Å²) in [5.74, 6) is -0.685. The average molecular weight is 447 g/mol. The van der Waals surface area contributed by atoms with Crippen molar-refractivity contribution >= 4 is 45.8 Å². The molecule has 1 saturated heterocycles. The first-order chi connectivity index (χ1) is 14.6. The van der Waals surface area contributed by atoms with Gasteiger partial charge in [-0.05, 0) is 24.0 Å². The van der Waals surface area contributed by atoms with Crippen LogP contribution in [0.15, 0.2) is 24.3 Å². The van der Waals surface area contributed by atoms with Crippen LogP contribution in [0.5, 0.6) is 0 Å². The van der Waals surface area contributed by atoms with Crippen molar-refractivity contribution in [1.82, 2.24) is 9.80 Å². The lowest BCUT2D eigenvalue weighted by molar-refractivity contribution is -0.142. The van der Waals surface area contributed by atoms with E-state index in [0.29, 0.717) is 43.3 Å². The fraction of sp³-hybridized carbons (Fsp3) is 0.545. The standard InChI is InChI=1S/C22H26N2O4S2/c25-17-6-3-7-18(26)20(17)21-16-5-2-1-4-15(16)8-9-24(21)19(27)14-30-22(29)23-10-12-28-13-11-23/h1-2,4-5,20-21H,3,6-14H2/t21-/m0/s1. The number of hydrogen-bond donors (Lipinski definition) is 0. The van der Waals surface area contributed by atoms with E-state index in [2.05, 4.69) is 4.90 Å². The predicted molar refractivity (Wildman–Crippen MR) is 119 cm³/mol. The fourth-order valence-electron chi connectivity index (χ4n) is 4.56. The molecule has 0 spiro atoms. The zero-order chi connectivity index (χ0) is 21.1. The van der Waals surface area contributed by atoms with Gasteiger partial charge in [0, 0.05) is 32.5 Å². The molecule has 2 fully saturated rings. The Morgan fingerprint density at radius 1 is 1.07 bits per heavy atom. The quantitative estimate of drug-likeness (QED) is 0.522. The second-order valence-corrected chi connectivity index (χ2v) is 9.51. The van der Waals surface area contributed by atoms with Crippen molar-refractivity contribution in [2.45, 2.75) is 31.7 Å². The molecule has 2 aliphatic heterocycles. The summed E-state index contributed by atoms with van der Waals surface area (Å²) in [6.07, 6.45) is 2.16. The third kappa shape index (κ3) is 4.45. The Kier molecular flexibility index (Phi) is 6.85. The van der Waals surface area contributed by atoms with Gasteiger partial charge in [-0.25, -0.2) is 0 Å². The molecule has 160 valence electrons. The second-order valence-electron chi connectivity index (χ2n) is 7.90. The highest BCUT2D eigenvalue weighted by Crippen LogP contribution is 2.39. The first-order valence-corrected chi connectivity index (χ1v) is 11.9. The number of hydrogen-bond acceptors (Lipinski definition) is 6. The Bertz CT molecular complexity index is 837. The number of amides is 1. The summed E-state index contributed by atoms with van der Waals surface area (Å²) in [5, 5.41) is 0. The zero-order valence-electron chi connectivity index (χ0n) is 16.9. The number of ether oxygens (including phenoxy) is 1. The van der Waals surface area contributed by atoms with Crippen molar-refractivity contribution in [3.63, 3.8) is 0 Å². The minimum Gasteiger partial charge on any atom is -0.378 e. The van der Waals surface area contributed by atoms with Crippen LogP contribution in [0.4, 0.5) is 0 Å². The van der Waals surface area contributed by atoms with Crippen LogP contribution in [0, 0.1) is 5.92 Å². The summed E-state index contributed by atoms with van der Waals surface area (Å²) >= 11 is 6.86. The fourth-order valence-corrected chi connectivity index (χ4v) is 5.70. The molecule has 1 saturated carbocycles. The highest BCUT2D eigenvalue weighted by Gasteiger charge is 2.44. The van der Waals surface area contributed by atoms with Gasteiger partial charge in [0.15, 0.2) is 0 Å². The third-order valence-corrected chi connectivity index (χ3v) is 7.60. The maximum atomic E-state index is 13.2. The summed E-state index contributed by atoms with van der Waals surface area (Å²) in [6, 6.07) is 7.37. The van der Waals surface area contributed by atoms with Gasteiger partial charge in [-0.3, -0.25) is 14.4 Å². The molecule has 0 bridgehead atoms. The van der Waals surface area contributed by atoms with Crippen LogP contribution in [-0.4, -0.2) is 70.2 Å². The molecule has 0 aromatic heterocycles. The van der Waals surface area contributed by atoms with Crippen LogP contribution >= 0.6 is 24.0 Å². The number of ketones is 2. The highest BCUT2D eigenvalue weighted by atomic mass is 32.2. The van der Waals surface area contributed by atoms with E-state index in [-0.39, 0.29) is 23.2 Å². The molecule has 1 amide bonds. The summed E-state index contributed by atoms with van der Waals surface area (Å²) in [5.41, 5.74) is 2.06. The number of thioether (sulfide) groups is 1. The lowest BCUT2D eigenvalue weighted by Gasteiger charge is -2.41. The molecule has 4 rings (SSSR count). The van der Waals surface area contributed by atoms with E-state index in [9.17, 15) is 14.4 Å². The van der Waals surface area contributed by atoms with Gasteiger partial charge in [-0.1, -0.05) is 48.2 Å². The summed E-state index contributed by atoms with van der Waals surface area (Å²) in [4.78, 5) is 42.6. The zero-order valence-corrected chi connectivity index (χ0v) is 18.5. The number of carbonyl (C=O) groups excluding carboxylic acids is 3. The Balaban J connectivity index is 1.53. The van der Waals surface area contributed by atoms with Gasteiger partial charge >= 0.3 is 0 Å². The minimum atomic E-state index is -0.750. The average Bonchev–Trinajstić information content (AvgIpc) is 2.77. The maximum absolute atomic E-state index is 13.2. The number of Topliss-reactive ketones (excluding diaryl/α,β-unsaturated/α-hetero) is 2. The number of morpholine rings is 1. The molecule has 0 N–H and O–H groups in total. The van der Waals surface area contributed by atoms with Crippen molar-refractivity contribution in [2.24, 2.45) is 5.92 Å². The molecule has 1 aromatic carbocycles. The van der Waals surface area contributed by atoms with Gasteiger partial charge in [0.05, 0.1) is 25.0 Å². The van der Waals surface area contributed by atoms with Crippen LogP contribution < -0.4 is 0 Å². The van der Waals surface area contributed by atoms with Crippen molar-refractivity contribution in [3.8, 4) is 0 Å². The topological polar surface area (TPSA) is 66.9 Å². The molecule has 30 heavy (non-hydrogen) atoms. The van der Waals surface area contributed by atoms with Crippen LogP contribution in [0.2, 0.25) is 0 Å². The molecule has 3 aliphatic rings. The molecule has 0 unspecified atom stereocenters. The number of fused-ring (bicyclic) bond motifs is 1. The van der Waals surface area contributed by atoms with Crippen LogP contribution in [-0.2, 0) is 25.5 Å². The monoisotopic (exact) mass is 446 g/mol. The summed E-state index contributed by atoms with van der Waals surface area (Å²) in [7, 11) is 0. The van der Waals surface area contributed by atoms with E-state index in [1.807, 2.05) is 24.3 Å². The molecule has 1 aromatic rings. The van der Waals surface area contributed by atoms with Crippen molar-refractivity contribution in [3.05, 3.63) is 35.4 Å². The van der Waals surface area contributed by atoms with E-state index in [4.69, 9.17) is 17.0 Å². The SMILES string of the molecule is O=C1CCCC(=O)C1[C@@H]1c2ccccc2CCN1C(=O)CSC(=S)N1CCOCC1. The van der Waals surface area contributed by atoms with Crippen LogP contribution in [0.3, 0.4) is 0 Å². The Hall–Kier alpha value is -1.77. The molecule has 0 radical (unpaired) electrons. The Morgan fingerprint density at radius 2 is 1.77 bits per heavy atom. The van der Waals surface area contributed by atoms with Gasteiger partial charge < -0.3 is 14.5 Å². The van der Waals surface area contributed by atoms with E-state index in [0.717, 1.165) is 30.6 Å². The second kappa shape index (κ2) is 9.58. The minimum absolute atomic E-state index is 0.0396. The van der Waals surface area contributed by atoms with Gasteiger partial charge in [-0.2, -0.15) is 0 Å². The molecule has 6 nitrogen and oxygen atoms in total. The van der Waals surface area contributed by atoms with Crippen molar-refractivity contribution in [1.29, 1.82) is 0 Å². The highest BCUT2D eigenvalue weighted by molar-refractivity contribution is 8.23. The number of carbonyl (C=O) groups is 3. The first-order valence-electron chi connectivity index (χ1n) is 10.5. The Morgan fingerprint density at radius 3 is 2.50 bits per heavy atom. The van der Waals surface area contributed by atoms with E-state index >= 15 is 0 Å². The van der Waals surface area contributed by atoms with Gasteiger partial charge in [0.1, 0.15) is 21.8 Å². The normalized spacial score (nSPS) is 22.7. The lowest BCUT2D eigenvalue weighted by atomic mass is 9.75.